The van der Waals surface area contributed by atoms with E-state index in [1.54, 1.807) is 18.2 Å². The summed E-state index contributed by atoms with van der Waals surface area (Å²) >= 11 is 1.44. The van der Waals surface area contributed by atoms with E-state index in [-0.39, 0.29) is 24.8 Å². The Morgan fingerprint density at radius 2 is 2.07 bits per heavy atom. The van der Waals surface area contributed by atoms with E-state index in [0.29, 0.717) is 24.1 Å². The highest BCUT2D eigenvalue weighted by molar-refractivity contribution is 8.00. The lowest BCUT2D eigenvalue weighted by Crippen LogP contribution is -2.49. The maximum atomic E-state index is 12.5. The molecule has 0 aliphatic heterocycles. The molecule has 0 saturated carbocycles. The van der Waals surface area contributed by atoms with Gasteiger partial charge in [-0.1, -0.05) is 23.8 Å². The maximum absolute atomic E-state index is 12.5. The number of hydrogen-bond donors (Lipinski definition) is 5. The van der Waals surface area contributed by atoms with Gasteiger partial charge in [0.15, 0.2) is 5.96 Å². The second-order valence-electron chi connectivity index (χ2n) is 6.67. The van der Waals surface area contributed by atoms with Crippen LogP contribution in [-0.4, -0.2) is 46.5 Å². The molecule has 0 aromatic heterocycles. The number of guanidine groups is 1. The number of allylic oxidation sites excluding steroid dienone is 2. The van der Waals surface area contributed by atoms with Crippen molar-refractivity contribution in [2.45, 2.75) is 24.1 Å². The molecule has 0 bridgehead atoms. The van der Waals surface area contributed by atoms with Gasteiger partial charge in [-0.05, 0) is 37.0 Å². The van der Waals surface area contributed by atoms with E-state index in [9.17, 15) is 14.4 Å². The molecular weight excluding hydrogens is 406 g/mol. The summed E-state index contributed by atoms with van der Waals surface area (Å²) in [5, 5.41) is 14.4. The molecule has 0 saturated heterocycles. The van der Waals surface area contributed by atoms with Crippen molar-refractivity contribution in [1.82, 2.24) is 10.6 Å². The second kappa shape index (κ2) is 10.5. The fourth-order valence-corrected chi connectivity index (χ4v) is 3.68. The molecule has 30 heavy (non-hydrogen) atoms. The van der Waals surface area contributed by atoms with Crippen LogP contribution in [0.4, 0.5) is 5.69 Å². The first kappa shape index (κ1) is 23.0. The molecule has 0 spiro atoms. The third-order valence-electron chi connectivity index (χ3n) is 4.34. The SMILES string of the molecule is CSC1(NC(=O)CNC(=O)c2cccc(N=C(N)N)c2)C=CC=C(CCC(=O)O)C1. The van der Waals surface area contributed by atoms with Crippen LogP contribution in [0, 0.1) is 0 Å². The molecule has 1 unspecified atom stereocenters. The lowest BCUT2D eigenvalue weighted by molar-refractivity contribution is -0.137. The van der Waals surface area contributed by atoms with Crippen LogP contribution in [0.3, 0.4) is 0 Å². The molecule has 2 amide bonds. The van der Waals surface area contributed by atoms with Crippen LogP contribution in [0.15, 0.2) is 53.1 Å². The zero-order valence-corrected chi connectivity index (χ0v) is 17.4. The molecular formula is C20H25N5O4S. The summed E-state index contributed by atoms with van der Waals surface area (Å²) in [4.78, 5) is 38.8. The van der Waals surface area contributed by atoms with Gasteiger partial charge in [0.25, 0.3) is 5.91 Å². The highest BCUT2D eigenvalue weighted by atomic mass is 32.2. The van der Waals surface area contributed by atoms with Crippen LogP contribution in [0.5, 0.6) is 0 Å². The highest BCUT2D eigenvalue weighted by Crippen LogP contribution is 2.33. The van der Waals surface area contributed by atoms with Crippen LogP contribution in [-0.2, 0) is 9.59 Å². The van der Waals surface area contributed by atoms with Gasteiger partial charge < -0.3 is 27.2 Å². The second-order valence-corrected chi connectivity index (χ2v) is 7.80. The molecule has 0 heterocycles. The summed E-state index contributed by atoms with van der Waals surface area (Å²) in [5.41, 5.74) is 12.4. The topological polar surface area (TPSA) is 160 Å². The number of carbonyl (C=O) groups is 3. The van der Waals surface area contributed by atoms with Gasteiger partial charge >= 0.3 is 5.97 Å². The maximum Gasteiger partial charge on any atom is 0.303 e. The standard InChI is InChI=1S/C20H25N5O4S/c1-30-20(9-3-4-13(11-20)7-8-17(27)28)25-16(26)12-23-18(29)14-5-2-6-15(10-14)24-19(21)22/h2-6,9-10H,7-8,11-12H2,1H3,(H,23,29)(H,25,26)(H,27,28)(H4,21,22,24). The molecule has 1 aromatic rings. The molecule has 1 aliphatic rings. The van der Waals surface area contributed by atoms with Crippen LogP contribution in [0.2, 0.25) is 0 Å². The minimum atomic E-state index is -0.865. The number of amides is 2. The Balaban J connectivity index is 1.94. The normalized spacial score (nSPS) is 17.6. The number of rotatable bonds is 9. The number of aliphatic imine (C=N–C) groups is 1. The zero-order valence-electron chi connectivity index (χ0n) is 16.6. The number of nitrogens with one attached hydrogen (secondary N) is 2. The quantitative estimate of drug-likeness (QED) is 0.223. The van der Waals surface area contributed by atoms with Gasteiger partial charge in [0.1, 0.15) is 4.87 Å². The molecule has 1 aromatic carbocycles. The number of nitrogens with two attached hydrogens (primary N) is 2. The average molecular weight is 432 g/mol. The number of nitrogens with zero attached hydrogens (tertiary/aromatic N) is 1. The van der Waals surface area contributed by atoms with Crippen molar-refractivity contribution in [2.75, 3.05) is 12.8 Å². The molecule has 1 aliphatic carbocycles. The third-order valence-corrected chi connectivity index (χ3v) is 5.45. The molecule has 0 radical (unpaired) electrons. The minimum absolute atomic E-state index is 0.0348. The number of thioether (sulfide) groups is 1. The first-order valence-electron chi connectivity index (χ1n) is 9.16. The molecule has 9 nitrogen and oxygen atoms in total. The molecule has 1 atom stereocenters. The Morgan fingerprint density at radius 1 is 1.30 bits per heavy atom. The molecule has 2 rings (SSSR count). The van der Waals surface area contributed by atoms with E-state index >= 15 is 0 Å². The Morgan fingerprint density at radius 3 is 2.73 bits per heavy atom. The van der Waals surface area contributed by atoms with Gasteiger partial charge in [0.05, 0.1) is 12.2 Å². The number of aliphatic carboxylic acids is 1. The molecule has 0 fully saturated rings. The summed E-state index contributed by atoms with van der Waals surface area (Å²) in [7, 11) is 0. The van der Waals surface area contributed by atoms with Gasteiger partial charge in [-0.25, -0.2) is 4.99 Å². The average Bonchev–Trinajstić information content (AvgIpc) is 2.70. The van der Waals surface area contributed by atoms with E-state index in [0.717, 1.165) is 5.57 Å². The summed E-state index contributed by atoms with van der Waals surface area (Å²) < 4.78 is 0. The lowest BCUT2D eigenvalue weighted by atomic mass is 9.96. The van der Waals surface area contributed by atoms with E-state index in [4.69, 9.17) is 16.6 Å². The monoisotopic (exact) mass is 431 g/mol. The Kier molecular flexibility index (Phi) is 8.05. The van der Waals surface area contributed by atoms with Crippen molar-refractivity contribution in [2.24, 2.45) is 16.5 Å². The Hall–Kier alpha value is -3.27. The van der Waals surface area contributed by atoms with E-state index < -0.39 is 16.7 Å². The summed E-state index contributed by atoms with van der Waals surface area (Å²) in [6, 6.07) is 6.39. The number of hydrogen-bond acceptors (Lipinski definition) is 5. The van der Waals surface area contributed by atoms with Crippen LogP contribution < -0.4 is 22.1 Å². The fourth-order valence-electron chi connectivity index (χ4n) is 2.92. The molecule has 7 N–H and O–H groups in total. The number of carboxylic acid groups (broad SMARTS) is 1. The zero-order chi connectivity index (χ0) is 22.1. The summed E-state index contributed by atoms with van der Waals surface area (Å²) in [6.45, 7) is -0.213. The van der Waals surface area contributed by atoms with Crippen molar-refractivity contribution in [3.05, 3.63) is 53.6 Å². The molecule has 10 heteroatoms. The van der Waals surface area contributed by atoms with E-state index in [1.807, 2.05) is 24.5 Å². The highest BCUT2D eigenvalue weighted by Gasteiger charge is 2.31. The largest absolute Gasteiger partial charge is 0.481 e. The van der Waals surface area contributed by atoms with E-state index in [1.165, 1.54) is 17.8 Å². The van der Waals surface area contributed by atoms with Crippen molar-refractivity contribution in [3.8, 4) is 0 Å². The minimum Gasteiger partial charge on any atom is -0.481 e. The molecule has 160 valence electrons. The fraction of sp³-hybridized carbons (Fsp3) is 0.300. The number of carboxylic acids is 1. The first-order valence-corrected chi connectivity index (χ1v) is 10.4. The number of carbonyl (C=O) groups excluding carboxylic acids is 2. The Bertz CT molecular complexity index is 908. The van der Waals surface area contributed by atoms with Crippen LogP contribution >= 0.6 is 11.8 Å². The van der Waals surface area contributed by atoms with Crippen LogP contribution in [0.1, 0.15) is 29.6 Å². The summed E-state index contributed by atoms with van der Waals surface area (Å²) in [5.74, 6) is -1.78. The van der Waals surface area contributed by atoms with Gasteiger partial charge in [-0.15, -0.1) is 11.8 Å². The lowest BCUT2D eigenvalue weighted by Gasteiger charge is -2.33. The predicted molar refractivity (Wildman–Crippen MR) is 117 cm³/mol. The number of benzene rings is 1. The van der Waals surface area contributed by atoms with E-state index in [2.05, 4.69) is 15.6 Å². The smallest absolute Gasteiger partial charge is 0.303 e. The van der Waals surface area contributed by atoms with Gasteiger partial charge in [-0.2, -0.15) is 0 Å². The van der Waals surface area contributed by atoms with Crippen molar-refractivity contribution in [3.63, 3.8) is 0 Å². The van der Waals surface area contributed by atoms with Gasteiger partial charge in [0.2, 0.25) is 5.91 Å². The van der Waals surface area contributed by atoms with Crippen molar-refractivity contribution >= 4 is 41.2 Å². The first-order chi connectivity index (χ1) is 14.2. The van der Waals surface area contributed by atoms with Crippen molar-refractivity contribution < 1.29 is 19.5 Å². The van der Waals surface area contributed by atoms with Gasteiger partial charge in [0, 0.05) is 18.4 Å². The van der Waals surface area contributed by atoms with Gasteiger partial charge in [-0.3, -0.25) is 14.4 Å². The predicted octanol–water partition coefficient (Wildman–Crippen LogP) is 1.25. The van der Waals surface area contributed by atoms with Crippen molar-refractivity contribution in [1.29, 1.82) is 0 Å². The Labute approximate surface area is 178 Å². The van der Waals surface area contributed by atoms with Crippen LogP contribution in [0.25, 0.3) is 0 Å². The third kappa shape index (κ3) is 6.96. The summed E-state index contributed by atoms with van der Waals surface area (Å²) in [6.07, 6.45) is 8.35.